The quantitative estimate of drug-likeness (QED) is 0.536. The monoisotopic (exact) mass is 400 g/mol. The number of hydrogen-bond acceptors (Lipinski definition) is 5. The molecule has 28 heavy (non-hydrogen) atoms. The standard InChI is InChI=1S/C21H26N3O3S/c1-6-9-17(25)28-16-13-22-20-23(16)19-15(3)18(26-4)14(2)12-21(19)10-7-8-11-24(20,21)27-5/h7-8,10-11,13H,6,9,12H2,1-5H3/q+1. The van der Waals surface area contributed by atoms with Crippen LogP contribution in [0, 0.1) is 0 Å². The molecule has 2 unspecified atom stereocenters. The number of allylic oxidation sites excluding steroid dienone is 3. The van der Waals surface area contributed by atoms with E-state index < -0.39 is 5.54 Å². The third-order valence-corrected chi connectivity index (χ3v) is 6.73. The lowest BCUT2D eigenvalue weighted by Gasteiger charge is -2.42. The molecule has 3 heterocycles. The summed E-state index contributed by atoms with van der Waals surface area (Å²) in [6.07, 6.45) is 12.2. The van der Waals surface area contributed by atoms with Crippen LogP contribution in [0.15, 0.2) is 52.6 Å². The number of imidazole rings is 1. The van der Waals surface area contributed by atoms with Crippen LogP contribution < -0.4 is 4.65 Å². The molecule has 2 atom stereocenters. The third-order valence-electron chi connectivity index (χ3n) is 5.80. The van der Waals surface area contributed by atoms with Crippen molar-refractivity contribution < 1.29 is 14.4 Å². The number of hydrogen-bond donors (Lipinski definition) is 0. The van der Waals surface area contributed by atoms with E-state index in [1.807, 2.05) is 19.2 Å². The van der Waals surface area contributed by atoms with Gasteiger partial charge in [0.25, 0.3) is 0 Å². The van der Waals surface area contributed by atoms with Crippen molar-refractivity contribution in [1.82, 2.24) is 14.2 Å². The molecule has 0 amide bonds. The van der Waals surface area contributed by atoms with Crippen molar-refractivity contribution in [3.05, 3.63) is 47.5 Å². The lowest BCUT2D eigenvalue weighted by atomic mass is 9.78. The Balaban J connectivity index is 2.00. The summed E-state index contributed by atoms with van der Waals surface area (Å²) in [4.78, 5) is 23.3. The summed E-state index contributed by atoms with van der Waals surface area (Å²) in [5.41, 5.74) is 2.82. The minimum absolute atomic E-state index is 0.145. The zero-order chi connectivity index (χ0) is 20.1. The molecule has 0 N–H and O–H groups in total. The van der Waals surface area contributed by atoms with E-state index in [2.05, 4.69) is 30.6 Å². The van der Waals surface area contributed by atoms with E-state index in [1.165, 1.54) is 17.3 Å². The molecule has 1 aliphatic carbocycles. The van der Waals surface area contributed by atoms with E-state index in [0.717, 1.165) is 40.8 Å². The first kappa shape index (κ1) is 19.2. The van der Waals surface area contributed by atoms with Crippen LogP contribution >= 0.6 is 11.8 Å². The molecule has 3 aliphatic rings. The Hall–Kier alpha value is -2.09. The summed E-state index contributed by atoms with van der Waals surface area (Å²) in [5, 5.41) is 0.967. The van der Waals surface area contributed by atoms with Crippen LogP contribution in [-0.4, -0.2) is 34.4 Å². The lowest BCUT2D eigenvalue weighted by molar-refractivity contribution is -0.118. The number of rotatable bonds is 5. The van der Waals surface area contributed by atoms with Gasteiger partial charge in [0.05, 0.1) is 20.4 Å². The first-order chi connectivity index (χ1) is 13.5. The number of fused-ring (bicyclic) bond motifs is 3. The molecule has 7 heteroatoms. The fraction of sp³-hybridized carbons (Fsp3) is 0.429. The van der Waals surface area contributed by atoms with Gasteiger partial charge in [0, 0.05) is 18.4 Å². The Morgan fingerprint density at radius 2 is 2.14 bits per heavy atom. The maximum Gasteiger partial charge on any atom is 0.354 e. The van der Waals surface area contributed by atoms with Crippen molar-refractivity contribution in [3.8, 4) is 0 Å². The van der Waals surface area contributed by atoms with E-state index in [4.69, 9.17) is 14.6 Å². The zero-order valence-electron chi connectivity index (χ0n) is 17.0. The maximum atomic E-state index is 12.4. The first-order valence-electron chi connectivity index (χ1n) is 9.52. The fourth-order valence-electron chi connectivity index (χ4n) is 4.82. The summed E-state index contributed by atoms with van der Waals surface area (Å²) in [5.74, 6) is 1.66. The van der Waals surface area contributed by atoms with Crippen LogP contribution in [-0.2, 0) is 14.4 Å². The number of aromatic nitrogens is 2. The smallest absolute Gasteiger partial charge is 0.354 e. The van der Waals surface area contributed by atoms with E-state index in [1.54, 1.807) is 20.4 Å². The largest absolute Gasteiger partial charge is 0.496 e. The van der Waals surface area contributed by atoms with Crippen LogP contribution in [0.3, 0.4) is 0 Å². The first-order valence-corrected chi connectivity index (χ1v) is 10.3. The van der Waals surface area contributed by atoms with Crippen LogP contribution in [0.4, 0.5) is 5.95 Å². The predicted molar refractivity (Wildman–Crippen MR) is 111 cm³/mol. The Bertz CT molecular complexity index is 972. The normalized spacial score (nSPS) is 27.8. The predicted octanol–water partition coefficient (Wildman–Crippen LogP) is 4.56. The van der Waals surface area contributed by atoms with Gasteiger partial charge in [0.15, 0.2) is 5.12 Å². The van der Waals surface area contributed by atoms with Crippen LogP contribution in [0.5, 0.6) is 0 Å². The Morgan fingerprint density at radius 1 is 1.36 bits per heavy atom. The molecule has 1 aromatic rings. The molecule has 1 spiro atoms. The number of thioether (sulfide) groups is 1. The van der Waals surface area contributed by atoms with Crippen molar-refractivity contribution in [2.24, 2.45) is 0 Å². The molecule has 0 bridgehead atoms. The van der Waals surface area contributed by atoms with Gasteiger partial charge in [-0.15, -0.1) is 0 Å². The fourth-order valence-corrected chi connectivity index (χ4v) is 5.73. The number of methoxy groups -OCH3 is 1. The minimum Gasteiger partial charge on any atom is -0.496 e. The molecule has 148 valence electrons. The molecule has 2 aliphatic heterocycles. The van der Waals surface area contributed by atoms with Crippen LogP contribution in [0.1, 0.15) is 40.0 Å². The summed E-state index contributed by atoms with van der Waals surface area (Å²) >= 11 is 1.26. The van der Waals surface area contributed by atoms with Crippen molar-refractivity contribution >= 4 is 28.5 Å². The number of hydroxylamine groups is 2. The van der Waals surface area contributed by atoms with E-state index in [-0.39, 0.29) is 9.76 Å². The second-order valence-corrected chi connectivity index (χ2v) is 8.46. The lowest BCUT2D eigenvalue weighted by Crippen LogP contribution is -2.60. The van der Waals surface area contributed by atoms with Gasteiger partial charge < -0.3 is 4.74 Å². The van der Waals surface area contributed by atoms with Gasteiger partial charge in [-0.2, -0.15) is 9.82 Å². The minimum atomic E-state index is -0.466. The third kappa shape index (κ3) is 2.30. The van der Waals surface area contributed by atoms with Crippen molar-refractivity contribution in [1.29, 1.82) is 0 Å². The number of carbonyl (C=O) groups is 1. The highest BCUT2D eigenvalue weighted by Crippen LogP contribution is 2.58. The average molecular weight is 401 g/mol. The highest BCUT2D eigenvalue weighted by Gasteiger charge is 2.67. The summed E-state index contributed by atoms with van der Waals surface area (Å²) < 4.78 is 7.99. The van der Waals surface area contributed by atoms with Crippen molar-refractivity contribution in [2.75, 3.05) is 14.2 Å². The van der Waals surface area contributed by atoms with Gasteiger partial charge >= 0.3 is 5.95 Å². The van der Waals surface area contributed by atoms with Crippen molar-refractivity contribution in [3.63, 3.8) is 0 Å². The molecule has 1 aromatic heterocycles. The molecule has 4 rings (SSSR count). The van der Waals surface area contributed by atoms with Gasteiger partial charge in [-0.3, -0.25) is 4.79 Å². The van der Waals surface area contributed by atoms with Gasteiger partial charge in [-0.05, 0) is 49.8 Å². The summed E-state index contributed by atoms with van der Waals surface area (Å²) in [6, 6.07) is 0. The Morgan fingerprint density at radius 3 is 2.82 bits per heavy atom. The molecule has 6 nitrogen and oxygen atoms in total. The van der Waals surface area contributed by atoms with Gasteiger partial charge in [0.2, 0.25) is 5.54 Å². The van der Waals surface area contributed by atoms with Crippen molar-refractivity contribution in [2.45, 2.75) is 50.6 Å². The topological polar surface area (TPSA) is 53.4 Å². The molecule has 0 aromatic carbocycles. The molecule has 0 radical (unpaired) electrons. The number of nitrogens with zero attached hydrogens (tertiary/aromatic N) is 3. The number of carbonyl (C=O) groups excluding carboxylic acids is 1. The Labute approximate surface area is 169 Å². The van der Waals surface area contributed by atoms with E-state index >= 15 is 0 Å². The SMILES string of the molecule is CCCC(=O)Sc1cnc2n1C1=C(C)C(OC)=C(C)CC13C=CC=C[N+]23OC. The van der Waals surface area contributed by atoms with Gasteiger partial charge in [0.1, 0.15) is 22.7 Å². The summed E-state index contributed by atoms with van der Waals surface area (Å²) in [6.45, 7) is 6.19. The zero-order valence-corrected chi connectivity index (χ0v) is 17.8. The van der Waals surface area contributed by atoms with Gasteiger partial charge in [-0.1, -0.05) is 17.6 Å². The van der Waals surface area contributed by atoms with Gasteiger partial charge in [-0.25, -0.2) is 4.57 Å². The highest BCUT2D eigenvalue weighted by atomic mass is 32.2. The van der Waals surface area contributed by atoms with E-state index in [0.29, 0.717) is 6.42 Å². The van der Waals surface area contributed by atoms with E-state index in [9.17, 15) is 4.79 Å². The molecular formula is C21H26N3O3S+. The highest BCUT2D eigenvalue weighted by molar-refractivity contribution is 8.13. The Kier molecular flexibility index (Phi) is 4.64. The van der Waals surface area contributed by atoms with Crippen LogP contribution in [0.25, 0.3) is 5.70 Å². The number of ether oxygens (including phenoxy) is 1. The second-order valence-electron chi connectivity index (χ2n) is 7.39. The van der Waals surface area contributed by atoms with Crippen LogP contribution in [0.2, 0.25) is 0 Å². The number of quaternary nitrogens is 1. The summed E-state index contributed by atoms with van der Waals surface area (Å²) in [7, 11) is 3.42. The maximum absolute atomic E-state index is 12.4. The molecular weight excluding hydrogens is 374 g/mol. The molecule has 0 fully saturated rings. The average Bonchev–Trinajstić information content (AvgIpc) is 3.17. The molecule has 0 saturated carbocycles. The second kappa shape index (κ2) is 6.76. The molecule has 0 saturated heterocycles.